The maximum absolute atomic E-state index is 12.4. The maximum Gasteiger partial charge on any atom is 0.363 e. The molecule has 14 nitrogen and oxygen atoms in total. The Morgan fingerprint density at radius 3 is 2.15 bits per heavy atom. The number of nitro groups is 2. The quantitative estimate of drug-likeness (QED) is 0.248. The molecule has 2 aromatic rings. The summed E-state index contributed by atoms with van der Waals surface area (Å²) in [7, 11) is 0. The molecule has 2 aromatic carbocycles. The van der Waals surface area contributed by atoms with E-state index >= 15 is 0 Å². The van der Waals surface area contributed by atoms with Gasteiger partial charge < -0.3 is 29.0 Å². The van der Waals surface area contributed by atoms with Crippen molar-refractivity contribution in [2.75, 3.05) is 59.3 Å². The summed E-state index contributed by atoms with van der Waals surface area (Å²) in [4.78, 5) is 37.4. The molecule has 1 N–H and O–H groups in total. The molecular weight excluding hydrogens is 528 g/mol. The van der Waals surface area contributed by atoms with Gasteiger partial charge in [-0.1, -0.05) is 24.3 Å². The number of carbonyl (C=O) groups excluding carboxylic acids is 1. The average Bonchev–Trinajstić information content (AvgIpc) is 3.31. The highest BCUT2D eigenvalue weighted by Gasteiger charge is 2.27. The first kappa shape index (κ1) is 28.9. The summed E-state index contributed by atoms with van der Waals surface area (Å²) in [6, 6.07) is 10.2. The van der Waals surface area contributed by atoms with Gasteiger partial charge in [0.05, 0.1) is 67.7 Å². The van der Waals surface area contributed by atoms with Crippen molar-refractivity contribution >= 4 is 29.3 Å². The SMILES string of the molecule is O=C1OC(c2cc([N+](=O)[O-])cc([N+](=O)[O-])c2)=NC1=Cc1ccc(C2COCCOCCOCCNCCO2)cc1. The van der Waals surface area contributed by atoms with Gasteiger partial charge in [0.15, 0.2) is 5.70 Å². The Morgan fingerprint density at radius 2 is 1.48 bits per heavy atom. The van der Waals surface area contributed by atoms with Gasteiger partial charge in [-0.25, -0.2) is 9.79 Å². The molecule has 212 valence electrons. The second kappa shape index (κ2) is 14.3. The Labute approximate surface area is 228 Å². The van der Waals surface area contributed by atoms with Crippen molar-refractivity contribution in [3.05, 3.63) is 85.1 Å². The van der Waals surface area contributed by atoms with E-state index < -0.39 is 27.2 Å². The lowest BCUT2D eigenvalue weighted by atomic mass is 10.1. The van der Waals surface area contributed by atoms with Crippen LogP contribution in [0.4, 0.5) is 11.4 Å². The van der Waals surface area contributed by atoms with Crippen LogP contribution in [0.25, 0.3) is 6.08 Å². The molecule has 2 heterocycles. The number of hydrogen-bond acceptors (Lipinski definition) is 12. The van der Waals surface area contributed by atoms with Crippen molar-refractivity contribution in [2.24, 2.45) is 4.99 Å². The van der Waals surface area contributed by atoms with Crippen LogP contribution in [0.3, 0.4) is 0 Å². The fourth-order valence-electron chi connectivity index (χ4n) is 3.84. The number of ether oxygens (including phenoxy) is 5. The number of carbonyl (C=O) groups is 1. The summed E-state index contributed by atoms with van der Waals surface area (Å²) >= 11 is 0. The number of esters is 1. The van der Waals surface area contributed by atoms with Gasteiger partial charge in [-0.3, -0.25) is 20.2 Å². The van der Waals surface area contributed by atoms with Crippen molar-refractivity contribution in [3.63, 3.8) is 0 Å². The first-order valence-corrected chi connectivity index (χ1v) is 12.5. The molecule has 0 amide bonds. The van der Waals surface area contributed by atoms with Crippen molar-refractivity contribution < 1.29 is 38.3 Å². The monoisotopic (exact) mass is 556 g/mol. The summed E-state index contributed by atoms with van der Waals surface area (Å²) in [5.74, 6) is -1.04. The number of nitro benzene ring substituents is 2. The number of hydrogen-bond donors (Lipinski definition) is 1. The minimum Gasteiger partial charge on any atom is -0.402 e. The van der Waals surface area contributed by atoms with Gasteiger partial charge in [-0.15, -0.1) is 0 Å². The number of cyclic esters (lactones) is 1. The second-order valence-corrected chi connectivity index (χ2v) is 8.66. The van der Waals surface area contributed by atoms with E-state index in [4.69, 9.17) is 23.7 Å². The van der Waals surface area contributed by atoms with Crippen LogP contribution >= 0.6 is 0 Å². The van der Waals surface area contributed by atoms with Gasteiger partial charge in [-0.2, -0.15) is 0 Å². The minimum absolute atomic E-state index is 0.0537. The van der Waals surface area contributed by atoms with E-state index in [-0.39, 0.29) is 23.3 Å². The smallest absolute Gasteiger partial charge is 0.363 e. The molecule has 0 aromatic heterocycles. The summed E-state index contributed by atoms with van der Waals surface area (Å²) in [5, 5.41) is 25.6. The summed E-state index contributed by atoms with van der Waals surface area (Å²) < 4.78 is 27.9. The van der Waals surface area contributed by atoms with Crippen molar-refractivity contribution in [2.45, 2.75) is 6.10 Å². The first-order chi connectivity index (χ1) is 19.4. The predicted octanol–water partition coefficient (Wildman–Crippen LogP) is 2.56. The molecule has 1 unspecified atom stereocenters. The lowest BCUT2D eigenvalue weighted by Gasteiger charge is -2.19. The third-order valence-electron chi connectivity index (χ3n) is 5.84. The molecule has 2 aliphatic heterocycles. The van der Waals surface area contributed by atoms with Gasteiger partial charge in [0, 0.05) is 25.2 Å². The number of non-ortho nitro benzene ring substituents is 2. The molecule has 0 spiro atoms. The number of benzene rings is 2. The van der Waals surface area contributed by atoms with E-state index in [1.165, 1.54) is 6.08 Å². The second-order valence-electron chi connectivity index (χ2n) is 8.66. The topological polar surface area (TPSA) is 174 Å². The van der Waals surface area contributed by atoms with E-state index in [0.29, 0.717) is 64.9 Å². The molecule has 40 heavy (non-hydrogen) atoms. The third-order valence-corrected chi connectivity index (χ3v) is 5.84. The number of nitrogens with one attached hydrogen (secondary N) is 1. The Hall–Kier alpha value is -4.08. The van der Waals surface area contributed by atoms with Crippen LogP contribution in [0, 0.1) is 20.2 Å². The highest BCUT2D eigenvalue weighted by molar-refractivity contribution is 6.13. The molecule has 0 radical (unpaired) electrons. The molecule has 14 heteroatoms. The fraction of sp³-hybridized carbons (Fsp3) is 0.385. The number of aliphatic imine (C=N–C) groups is 1. The molecule has 1 saturated heterocycles. The Bertz CT molecular complexity index is 1230. The van der Waals surface area contributed by atoms with Crippen molar-refractivity contribution in [3.8, 4) is 0 Å². The van der Waals surface area contributed by atoms with E-state index in [2.05, 4.69) is 10.3 Å². The van der Waals surface area contributed by atoms with Gasteiger partial charge >= 0.3 is 5.97 Å². The van der Waals surface area contributed by atoms with E-state index in [1.807, 2.05) is 12.1 Å². The van der Waals surface area contributed by atoms with Gasteiger partial charge in [0.1, 0.15) is 6.10 Å². The van der Waals surface area contributed by atoms with Crippen LogP contribution in [0.15, 0.2) is 53.2 Å². The maximum atomic E-state index is 12.4. The van der Waals surface area contributed by atoms with Crippen LogP contribution < -0.4 is 5.32 Å². The molecule has 0 saturated carbocycles. The zero-order valence-electron chi connectivity index (χ0n) is 21.5. The van der Waals surface area contributed by atoms with Gasteiger partial charge in [0.2, 0.25) is 5.90 Å². The fourth-order valence-corrected chi connectivity index (χ4v) is 3.84. The molecule has 1 fully saturated rings. The zero-order chi connectivity index (χ0) is 28.3. The Morgan fingerprint density at radius 1 is 0.850 bits per heavy atom. The van der Waals surface area contributed by atoms with Crippen LogP contribution in [-0.2, 0) is 28.5 Å². The Kier molecular flexibility index (Phi) is 10.4. The summed E-state index contributed by atoms with van der Waals surface area (Å²) in [6.45, 7) is 4.64. The number of nitrogens with zero attached hydrogens (tertiary/aromatic N) is 3. The van der Waals surface area contributed by atoms with Crippen LogP contribution in [0.5, 0.6) is 0 Å². The third kappa shape index (κ3) is 8.21. The standard InChI is InChI=1S/C26H28N4O10/c31-26-23(28-25(40-26)20-14-21(29(32)33)16-22(15-20)30(34)35)13-18-1-3-19(4-2-18)24-17-38-12-11-37-10-9-36-7-5-27-6-8-39-24/h1-4,13-16,24,27H,5-12,17H2. The predicted molar refractivity (Wildman–Crippen MR) is 141 cm³/mol. The minimum atomic E-state index is -0.785. The molecule has 0 aliphatic carbocycles. The highest BCUT2D eigenvalue weighted by atomic mass is 16.6. The lowest BCUT2D eigenvalue weighted by molar-refractivity contribution is -0.394. The van der Waals surface area contributed by atoms with E-state index in [1.54, 1.807) is 12.1 Å². The lowest BCUT2D eigenvalue weighted by Crippen LogP contribution is -2.25. The normalized spacial score (nSPS) is 20.7. The van der Waals surface area contributed by atoms with Gasteiger partial charge in [0.25, 0.3) is 11.4 Å². The number of rotatable bonds is 5. The first-order valence-electron chi connectivity index (χ1n) is 12.5. The molecule has 4 rings (SSSR count). The zero-order valence-corrected chi connectivity index (χ0v) is 21.5. The summed E-state index contributed by atoms with van der Waals surface area (Å²) in [6.07, 6.45) is 1.16. The molecule has 0 bridgehead atoms. The highest BCUT2D eigenvalue weighted by Crippen LogP contribution is 2.27. The van der Waals surface area contributed by atoms with E-state index in [0.717, 1.165) is 23.8 Å². The van der Waals surface area contributed by atoms with Crippen LogP contribution in [-0.4, -0.2) is 81.1 Å². The molecular formula is C26H28N4O10. The van der Waals surface area contributed by atoms with Crippen molar-refractivity contribution in [1.29, 1.82) is 0 Å². The van der Waals surface area contributed by atoms with Crippen LogP contribution in [0.2, 0.25) is 0 Å². The van der Waals surface area contributed by atoms with Crippen LogP contribution in [0.1, 0.15) is 22.8 Å². The van der Waals surface area contributed by atoms with Crippen molar-refractivity contribution in [1.82, 2.24) is 5.32 Å². The molecule has 1 atom stereocenters. The Balaban J connectivity index is 1.47. The molecule has 2 aliphatic rings. The summed E-state index contributed by atoms with van der Waals surface area (Å²) in [5.41, 5.74) is 0.361. The largest absolute Gasteiger partial charge is 0.402 e. The van der Waals surface area contributed by atoms with Gasteiger partial charge in [-0.05, 0) is 17.2 Å². The average molecular weight is 557 g/mol. The van der Waals surface area contributed by atoms with E-state index in [9.17, 15) is 25.0 Å².